The van der Waals surface area contributed by atoms with Crippen LogP contribution in [0.3, 0.4) is 0 Å². The first-order chi connectivity index (χ1) is 5.14. The molecule has 0 spiro atoms. The second-order valence-electron chi connectivity index (χ2n) is 4.22. The first kappa shape index (κ1) is 11.9. The molecule has 3 heteroatoms. The molecule has 74 valence electrons. The molecule has 0 fully saturated rings. The number of nitrogens with zero attached hydrogens (tertiary/aromatic N) is 1. The number of likely N-dealkylation sites (N-methyl/N-ethyl adjacent to an activating group) is 1. The van der Waals surface area contributed by atoms with Crippen LogP contribution in [0.15, 0.2) is 0 Å². The SMILES string of the molecule is CC(C)C(C)(O)C(C)(O)N(C)C. The summed E-state index contributed by atoms with van der Waals surface area (Å²) in [7, 11) is 3.49. The van der Waals surface area contributed by atoms with Crippen LogP contribution in [-0.4, -0.2) is 40.5 Å². The Kier molecular flexibility index (Phi) is 3.29. The zero-order chi connectivity index (χ0) is 10.2. The standard InChI is InChI=1S/C9H21NO2/c1-7(2)8(3,11)9(4,12)10(5)6/h7,11-12H,1-6H3. The molecule has 0 aliphatic carbocycles. The largest absolute Gasteiger partial charge is 0.385 e. The highest BCUT2D eigenvalue weighted by Crippen LogP contribution is 2.30. The predicted octanol–water partition coefficient (Wildman–Crippen LogP) is 0.664. The molecule has 0 bridgehead atoms. The summed E-state index contributed by atoms with van der Waals surface area (Å²) in [6.45, 7) is 7.04. The molecule has 2 atom stereocenters. The van der Waals surface area contributed by atoms with Gasteiger partial charge in [-0.25, -0.2) is 0 Å². The van der Waals surface area contributed by atoms with E-state index < -0.39 is 11.3 Å². The fourth-order valence-corrected chi connectivity index (χ4v) is 1.000. The highest BCUT2D eigenvalue weighted by atomic mass is 16.4. The normalized spacial score (nSPS) is 22.5. The van der Waals surface area contributed by atoms with Gasteiger partial charge in [0.05, 0.1) is 0 Å². The average Bonchev–Trinajstić information content (AvgIpc) is 1.86. The lowest BCUT2D eigenvalue weighted by Gasteiger charge is -2.45. The van der Waals surface area contributed by atoms with Crippen LogP contribution in [0.4, 0.5) is 0 Å². The number of rotatable bonds is 3. The molecular weight excluding hydrogens is 154 g/mol. The van der Waals surface area contributed by atoms with E-state index in [1.54, 1.807) is 32.8 Å². The third-order valence-corrected chi connectivity index (χ3v) is 2.95. The van der Waals surface area contributed by atoms with Crippen molar-refractivity contribution >= 4 is 0 Å². The van der Waals surface area contributed by atoms with Gasteiger partial charge in [-0.1, -0.05) is 13.8 Å². The molecule has 0 heterocycles. The Morgan fingerprint density at radius 2 is 1.42 bits per heavy atom. The number of aliphatic hydroxyl groups is 2. The predicted molar refractivity (Wildman–Crippen MR) is 49.8 cm³/mol. The molecule has 3 nitrogen and oxygen atoms in total. The van der Waals surface area contributed by atoms with Crippen molar-refractivity contribution < 1.29 is 10.2 Å². The number of hydrogen-bond donors (Lipinski definition) is 2. The van der Waals surface area contributed by atoms with E-state index in [-0.39, 0.29) is 5.92 Å². The van der Waals surface area contributed by atoms with Crippen LogP contribution in [0.1, 0.15) is 27.7 Å². The fourth-order valence-electron chi connectivity index (χ4n) is 1.000. The van der Waals surface area contributed by atoms with Gasteiger partial charge in [0.1, 0.15) is 11.3 Å². The van der Waals surface area contributed by atoms with Crippen molar-refractivity contribution in [1.82, 2.24) is 4.90 Å². The minimum absolute atomic E-state index is 0.00917. The Balaban J connectivity index is 4.75. The van der Waals surface area contributed by atoms with Gasteiger partial charge in [0.15, 0.2) is 0 Å². The highest BCUT2D eigenvalue weighted by Gasteiger charge is 2.45. The lowest BCUT2D eigenvalue weighted by atomic mass is 9.82. The molecular formula is C9H21NO2. The summed E-state index contributed by atoms with van der Waals surface area (Å²) in [4.78, 5) is 1.62. The van der Waals surface area contributed by atoms with E-state index in [4.69, 9.17) is 0 Å². The second kappa shape index (κ2) is 3.32. The molecule has 0 aromatic heterocycles. The van der Waals surface area contributed by atoms with Gasteiger partial charge in [0.25, 0.3) is 0 Å². The average molecular weight is 175 g/mol. The van der Waals surface area contributed by atoms with E-state index >= 15 is 0 Å². The Labute approximate surface area is 75.0 Å². The fraction of sp³-hybridized carbons (Fsp3) is 1.00. The molecule has 12 heavy (non-hydrogen) atoms. The summed E-state index contributed by atoms with van der Waals surface area (Å²) in [6, 6.07) is 0. The summed E-state index contributed by atoms with van der Waals surface area (Å²) < 4.78 is 0. The van der Waals surface area contributed by atoms with Crippen LogP contribution >= 0.6 is 0 Å². The van der Waals surface area contributed by atoms with Crippen molar-refractivity contribution in [3.05, 3.63) is 0 Å². The minimum Gasteiger partial charge on any atom is -0.385 e. The maximum Gasteiger partial charge on any atom is 0.144 e. The van der Waals surface area contributed by atoms with E-state index in [9.17, 15) is 10.2 Å². The monoisotopic (exact) mass is 175 g/mol. The molecule has 0 amide bonds. The van der Waals surface area contributed by atoms with Gasteiger partial charge in [0, 0.05) is 0 Å². The Morgan fingerprint density at radius 3 is 1.50 bits per heavy atom. The van der Waals surface area contributed by atoms with Crippen molar-refractivity contribution in [2.24, 2.45) is 5.92 Å². The van der Waals surface area contributed by atoms with Gasteiger partial charge in [-0.15, -0.1) is 0 Å². The third kappa shape index (κ3) is 1.79. The molecule has 0 saturated heterocycles. The molecule has 0 rings (SSSR count). The van der Waals surface area contributed by atoms with E-state index in [0.29, 0.717) is 0 Å². The zero-order valence-corrected chi connectivity index (χ0v) is 8.92. The maximum absolute atomic E-state index is 10.00. The van der Waals surface area contributed by atoms with Gasteiger partial charge in [-0.05, 0) is 33.9 Å². The molecule has 2 N–H and O–H groups in total. The molecule has 0 aromatic rings. The van der Waals surface area contributed by atoms with E-state index in [0.717, 1.165) is 0 Å². The second-order valence-corrected chi connectivity index (χ2v) is 4.22. The van der Waals surface area contributed by atoms with E-state index in [2.05, 4.69) is 0 Å². The molecule has 0 aliphatic heterocycles. The zero-order valence-electron chi connectivity index (χ0n) is 8.92. The molecule has 2 unspecified atom stereocenters. The first-order valence-corrected chi connectivity index (χ1v) is 4.26. The molecule has 0 aliphatic rings. The van der Waals surface area contributed by atoms with Crippen molar-refractivity contribution in [2.75, 3.05) is 14.1 Å². The van der Waals surface area contributed by atoms with E-state index in [1.165, 1.54) is 0 Å². The van der Waals surface area contributed by atoms with Gasteiger partial charge < -0.3 is 10.2 Å². The summed E-state index contributed by atoms with van der Waals surface area (Å²) in [5.74, 6) is 0.00917. The Hall–Kier alpha value is -0.120. The lowest BCUT2D eigenvalue weighted by Crippen LogP contribution is -2.61. The van der Waals surface area contributed by atoms with Crippen LogP contribution < -0.4 is 0 Å². The van der Waals surface area contributed by atoms with Gasteiger partial charge in [-0.3, -0.25) is 4.90 Å². The van der Waals surface area contributed by atoms with Crippen molar-refractivity contribution in [2.45, 2.75) is 39.0 Å². The first-order valence-electron chi connectivity index (χ1n) is 4.26. The van der Waals surface area contributed by atoms with Crippen molar-refractivity contribution in [1.29, 1.82) is 0 Å². The van der Waals surface area contributed by atoms with Crippen LogP contribution in [0.25, 0.3) is 0 Å². The summed E-state index contributed by atoms with van der Waals surface area (Å²) in [5.41, 5.74) is -2.29. The maximum atomic E-state index is 10.00. The summed E-state index contributed by atoms with van der Waals surface area (Å²) in [6.07, 6.45) is 0. The Bertz CT molecular complexity index is 133. The van der Waals surface area contributed by atoms with Crippen LogP contribution in [-0.2, 0) is 0 Å². The highest BCUT2D eigenvalue weighted by molar-refractivity contribution is 4.93. The lowest BCUT2D eigenvalue weighted by molar-refractivity contribution is -0.219. The summed E-state index contributed by atoms with van der Waals surface area (Å²) in [5, 5.41) is 20.0. The van der Waals surface area contributed by atoms with Crippen LogP contribution in [0, 0.1) is 5.92 Å². The van der Waals surface area contributed by atoms with Crippen LogP contribution in [0.2, 0.25) is 0 Å². The molecule has 0 saturated carbocycles. The molecule has 0 radical (unpaired) electrons. The van der Waals surface area contributed by atoms with Gasteiger partial charge in [-0.2, -0.15) is 0 Å². The van der Waals surface area contributed by atoms with Crippen molar-refractivity contribution in [3.8, 4) is 0 Å². The quantitative estimate of drug-likeness (QED) is 0.619. The Morgan fingerprint density at radius 1 is 1.08 bits per heavy atom. The topological polar surface area (TPSA) is 43.7 Å². The minimum atomic E-state index is -1.19. The summed E-state index contributed by atoms with van der Waals surface area (Å²) >= 11 is 0. The van der Waals surface area contributed by atoms with E-state index in [1.807, 2.05) is 13.8 Å². The van der Waals surface area contributed by atoms with Gasteiger partial charge in [0.2, 0.25) is 0 Å². The number of hydrogen-bond acceptors (Lipinski definition) is 3. The third-order valence-electron chi connectivity index (χ3n) is 2.95. The smallest absolute Gasteiger partial charge is 0.144 e. The van der Waals surface area contributed by atoms with Crippen LogP contribution in [0.5, 0.6) is 0 Å². The van der Waals surface area contributed by atoms with Crippen molar-refractivity contribution in [3.63, 3.8) is 0 Å². The molecule has 0 aromatic carbocycles. The van der Waals surface area contributed by atoms with Gasteiger partial charge >= 0.3 is 0 Å².